The van der Waals surface area contributed by atoms with Gasteiger partial charge in [0, 0.05) is 16.6 Å². The molecule has 0 aliphatic carbocycles. The summed E-state index contributed by atoms with van der Waals surface area (Å²) in [5.74, 6) is -0.528. The molecule has 0 saturated carbocycles. The number of rotatable bonds is 2. The maximum Gasteiger partial charge on any atom is 0.262 e. The molecule has 0 saturated heterocycles. The van der Waals surface area contributed by atoms with Crippen molar-refractivity contribution in [2.45, 2.75) is 0 Å². The summed E-state index contributed by atoms with van der Waals surface area (Å²) in [7, 11) is 0. The summed E-state index contributed by atoms with van der Waals surface area (Å²) in [6, 6.07) is 4.81. The van der Waals surface area contributed by atoms with Crippen molar-refractivity contribution >= 4 is 44.9 Å². The van der Waals surface area contributed by atoms with Crippen LogP contribution in [0.2, 0.25) is 5.02 Å². The van der Waals surface area contributed by atoms with Crippen molar-refractivity contribution in [3.63, 3.8) is 0 Å². The Labute approximate surface area is 121 Å². The van der Waals surface area contributed by atoms with Crippen LogP contribution in [0.15, 0.2) is 34.7 Å². The van der Waals surface area contributed by atoms with Gasteiger partial charge in [-0.3, -0.25) is 14.9 Å². The summed E-state index contributed by atoms with van der Waals surface area (Å²) in [5, 5.41) is 11.1. The average molecular weight is 307 g/mol. The number of hydrogen-bond donors (Lipinski definition) is 2. The van der Waals surface area contributed by atoms with Crippen LogP contribution in [0.25, 0.3) is 10.9 Å². The molecular weight excluding hydrogens is 300 g/mol. The summed E-state index contributed by atoms with van der Waals surface area (Å²) in [4.78, 5) is 27.2. The first-order valence-corrected chi connectivity index (χ1v) is 6.79. The summed E-state index contributed by atoms with van der Waals surface area (Å²) in [5.41, 5.74) is 1.71. The Kier molecular flexibility index (Phi) is 3.21. The second-order valence-electron chi connectivity index (χ2n) is 3.92. The van der Waals surface area contributed by atoms with Gasteiger partial charge in [0.1, 0.15) is 11.1 Å². The molecule has 100 valence electrons. The number of anilines is 1. The van der Waals surface area contributed by atoms with E-state index in [0.29, 0.717) is 21.1 Å². The van der Waals surface area contributed by atoms with Crippen LogP contribution in [-0.4, -0.2) is 21.1 Å². The van der Waals surface area contributed by atoms with Gasteiger partial charge in [-0.15, -0.1) is 10.2 Å². The highest BCUT2D eigenvalue weighted by molar-refractivity contribution is 7.13. The Hall–Kier alpha value is -2.25. The zero-order valence-corrected chi connectivity index (χ0v) is 11.5. The van der Waals surface area contributed by atoms with Gasteiger partial charge in [-0.2, -0.15) is 0 Å². The molecule has 1 amide bonds. The molecule has 8 heteroatoms. The van der Waals surface area contributed by atoms with Gasteiger partial charge in [-0.05, 0) is 18.2 Å². The van der Waals surface area contributed by atoms with E-state index in [2.05, 4.69) is 20.5 Å². The van der Waals surface area contributed by atoms with E-state index in [1.54, 1.807) is 18.2 Å². The summed E-state index contributed by atoms with van der Waals surface area (Å²) in [6.07, 6.45) is 1.36. The Morgan fingerprint density at radius 3 is 3.00 bits per heavy atom. The monoisotopic (exact) mass is 306 g/mol. The number of pyridine rings is 1. The van der Waals surface area contributed by atoms with Gasteiger partial charge in [0.15, 0.2) is 0 Å². The number of aromatic amines is 1. The fraction of sp³-hybridized carbons (Fsp3) is 0. The molecule has 1 aromatic carbocycles. The molecule has 0 atom stereocenters. The number of benzene rings is 1. The molecule has 0 fully saturated rings. The Bertz CT molecular complexity index is 844. The van der Waals surface area contributed by atoms with Crippen LogP contribution in [0, 0.1) is 0 Å². The molecule has 20 heavy (non-hydrogen) atoms. The fourth-order valence-corrected chi connectivity index (χ4v) is 2.37. The Morgan fingerprint density at radius 1 is 1.40 bits per heavy atom. The van der Waals surface area contributed by atoms with E-state index in [1.807, 2.05) is 0 Å². The van der Waals surface area contributed by atoms with Gasteiger partial charge in [0.05, 0.1) is 5.52 Å². The van der Waals surface area contributed by atoms with Crippen LogP contribution in [0.1, 0.15) is 10.4 Å². The lowest BCUT2D eigenvalue weighted by Crippen LogP contribution is -2.21. The minimum absolute atomic E-state index is 0.00928. The van der Waals surface area contributed by atoms with Gasteiger partial charge in [0.25, 0.3) is 5.91 Å². The van der Waals surface area contributed by atoms with Gasteiger partial charge < -0.3 is 4.98 Å². The number of halogens is 1. The van der Waals surface area contributed by atoms with E-state index >= 15 is 0 Å². The first-order chi connectivity index (χ1) is 9.65. The first kappa shape index (κ1) is 12.8. The first-order valence-electron chi connectivity index (χ1n) is 5.53. The SMILES string of the molecule is O=C(Nc1nncs1)c1c[nH]c2cc(Cl)ccc2c1=O. The molecule has 0 aliphatic rings. The minimum Gasteiger partial charge on any atom is -0.360 e. The third kappa shape index (κ3) is 2.28. The number of carbonyl (C=O) groups excluding carboxylic acids is 1. The largest absolute Gasteiger partial charge is 0.360 e. The summed E-state index contributed by atoms with van der Waals surface area (Å²) in [6.45, 7) is 0. The van der Waals surface area contributed by atoms with Gasteiger partial charge >= 0.3 is 0 Å². The third-order valence-corrected chi connectivity index (χ3v) is 3.51. The lowest BCUT2D eigenvalue weighted by Gasteiger charge is -2.03. The summed E-state index contributed by atoms with van der Waals surface area (Å²) >= 11 is 7.03. The number of nitrogens with one attached hydrogen (secondary N) is 2. The molecule has 2 heterocycles. The topological polar surface area (TPSA) is 87.7 Å². The molecule has 2 aromatic heterocycles. The van der Waals surface area contributed by atoms with Crippen molar-refractivity contribution in [3.05, 3.63) is 50.7 Å². The zero-order valence-electron chi connectivity index (χ0n) is 9.88. The molecule has 3 rings (SSSR count). The highest BCUT2D eigenvalue weighted by Crippen LogP contribution is 2.15. The van der Waals surface area contributed by atoms with Crippen LogP contribution in [0.5, 0.6) is 0 Å². The van der Waals surface area contributed by atoms with Crippen molar-refractivity contribution < 1.29 is 4.79 Å². The van der Waals surface area contributed by atoms with Gasteiger partial charge in [-0.1, -0.05) is 22.9 Å². The maximum absolute atomic E-state index is 12.3. The molecule has 0 radical (unpaired) electrons. The smallest absolute Gasteiger partial charge is 0.262 e. The second-order valence-corrected chi connectivity index (χ2v) is 5.19. The predicted molar refractivity (Wildman–Crippen MR) is 77.4 cm³/mol. The van der Waals surface area contributed by atoms with Crippen LogP contribution < -0.4 is 10.7 Å². The average Bonchev–Trinajstić information content (AvgIpc) is 2.91. The lowest BCUT2D eigenvalue weighted by molar-refractivity contribution is 0.102. The molecule has 0 aliphatic heterocycles. The number of fused-ring (bicyclic) bond motifs is 1. The Morgan fingerprint density at radius 2 is 2.25 bits per heavy atom. The quantitative estimate of drug-likeness (QED) is 0.760. The molecule has 0 unspecified atom stereocenters. The number of carbonyl (C=O) groups is 1. The van der Waals surface area contributed by atoms with Crippen molar-refractivity contribution in [2.24, 2.45) is 0 Å². The fourth-order valence-electron chi connectivity index (χ4n) is 1.76. The molecule has 6 nitrogen and oxygen atoms in total. The van der Waals surface area contributed by atoms with E-state index in [-0.39, 0.29) is 11.0 Å². The van der Waals surface area contributed by atoms with Crippen LogP contribution in [0.3, 0.4) is 0 Å². The van der Waals surface area contributed by atoms with E-state index in [9.17, 15) is 9.59 Å². The van der Waals surface area contributed by atoms with E-state index in [1.165, 1.54) is 23.0 Å². The van der Waals surface area contributed by atoms with Crippen LogP contribution in [0.4, 0.5) is 5.13 Å². The van der Waals surface area contributed by atoms with Crippen molar-refractivity contribution in [1.82, 2.24) is 15.2 Å². The predicted octanol–water partition coefficient (Wildman–Crippen LogP) is 2.29. The van der Waals surface area contributed by atoms with Crippen molar-refractivity contribution in [1.29, 1.82) is 0 Å². The number of H-pyrrole nitrogens is 1. The highest BCUT2D eigenvalue weighted by atomic mass is 35.5. The number of aromatic nitrogens is 3. The lowest BCUT2D eigenvalue weighted by atomic mass is 10.1. The highest BCUT2D eigenvalue weighted by Gasteiger charge is 2.14. The number of hydrogen-bond acceptors (Lipinski definition) is 5. The van der Waals surface area contributed by atoms with Gasteiger partial charge in [0.2, 0.25) is 10.6 Å². The van der Waals surface area contributed by atoms with E-state index in [4.69, 9.17) is 11.6 Å². The van der Waals surface area contributed by atoms with Crippen LogP contribution >= 0.6 is 22.9 Å². The molecular formula is C12H7ClN4O2S. The van der Waals surface area contributed by atoms with E-state index in [0.717, 1.165) is 0 Å². The van der Waals surface area contributed by atoms with Crippen LogP contribution in [-0.2, 0) is 0 Å². The molecule has 3 aromatic rings. The van der Waals surface area contributed by atoms with E-state index < -0.39 is 5.91 Å². The Balaban J connectivity index is 2.04. The number of amides is 1. The van der Waals surface area contributed by atoms with Crippen molar-refractivity contribution in [2.75, 3.05) is 5.32 Å². The number of nitrogens with zero attached hydrogens (tertiary/aromatic N) is 2. The molecule has 2 N–H and O–H groups in total. The maximum atomic E-state index is 12.3. The second kappa shape index (κ2) is 5.03. The van der Waals surface area contributed by atoms with Gasteiger partial charge in [-0.25, -0.2) is 0 Å². The molecule has 0 bridgehead atoms. The normalized spacial score (nSPS) is 10.7. The van der Waals surface area contributed by atoms with Crippen molar-refractivity contribution in [3.8, 4) is 0 Å². The third-order valence-electron chi connectivity index (χ3n) is 2.67. The minimum atomic E-state index is -0.528. The summed E-state index contributed by atoms with van der Waals surface area (Å²) < 4.78 is 0. The molecule has 0 spiro atoms. The zero-order chi connectivity index (χ0) is 14.1. The standard InChI is InChI=1S/C12H7ClN4O2S/c13-6-1-2-7-9(3-6)14-4-8(10(7)18)11(19)16-12-17-15-5-20-12/h1-5H,(H,14,18)(H,16,17,19).